The predicted octanol–water partition coefficient (Wildman–Crippen LogP) is 3.82. The second-order valence-electron chi connectivity index (χ2n) is 6.23. The predicted molar refractivity (Wildman–Crippen MR) is 71.5 cm³/mol. The third-order valence-electron chi connectivity index (χ3n) is 3.47. The van der Waals surface area contributed by atoms with Gasteiger partial charge in [0.15, 0.2) is 0 Å². The first-order valence-electron chi connectivity index (χ1n) is 6.06. The van der Waals surface area contributed by atoms with Gasteiger partial charge >= 0.3 is 0 Å². The van der Waals surface area contributed by atoms with Crippen LogP contribution in [0.2, 0.25) is 0 Å². The lowest BCUT2D eigenvalue weighted by Crippen LogP contribution is -2.41. The van der Waals surface area contributed by atoms with E-state index in [2.05, 4.69) is 45.7 Å². The average molecular weight is 228 g/mol. The van der Waals surface area contributed by atoms with Gasteiger partial charge in [-0.05, 0) is 50.3 Å². The number of ether oxygens (including phenoxy) is 1. The maximum atomic E-state index is 6.07. The zero-order chi connectivity index (χ0) is 12.8. The van der Waals surface area contributed by atoms with E-state index in [0.29, 0.717) is 0 Å². The number of rotatable bonds is 0. The first kappa shape index (κ1) is 12.0. The van der Waals surface area contributed by atoms with Gasteiger partial charge in [-0.1, -0.05) is 19.8 Å². The Hall–Kier alpha value is -1.42. The Morgan fingerprint density at radius 1 is 1.24 bits per heavy atom. The quantitative estimate of drug-likeness (QED) is 0.613. The Labute approximate surface area is 104 Å². The van der Waals surface area contributed by atoms with Crippen LogP contribution >= 0.6 is 0 Å². The molecule has 2 rings (SSSR count). The van der Waals surface area contributed by atoms with Gasteiger partial charge in [0.1, 0.15) is 11.4 Å². The minimum Gasteiger partial charge on any atom is -0.488 e. The van der Waals surface area contributed by atoms with E-state index in [4.69, 9.17) is 11.2 Å². The molecule has 1 aliphatic heterocycles. The van der Waals surface area contributed by atoms with Crippen molar-refractivity contribution in [2.75, 3.05) is 0 Å². The molecule has 1 aromatic carbocycles. The van der Waals surface area contributed by atoms with Crippen molar-refractivity contribution in [3.8, 4) is 18.1 Å². The molecule has 0 amide bonds. The van der Waals surface area contributed by atoms with Crippen LogP contribution in [0.3, 0.4) is 0 Å². The van der Waals surface area contributed by atoms with Crippen LogP contribution in [0.25, 0.3) is 0 Å². The molecule has 17 heavy (non-hydrogen) atoms. The molecule has 0 aliphatic carbocycles. The second-order valence-corrected chi connectivity index (χ2v) is 6.23. The monoisotopic (exact) mass is 228 g/mol. The summed E-state index contributed by atoms with van der Waals surface area (Å²) in [6.07, 6.45) is 6.53. The average Bonchev–Trinajstić information content (AvgIpc) is 2.13. The lowest BCUT2D eigenvalue weighted by molar-refractivity contribution is 0.0533. The van der Waals surface area contributed by atoms with E-state index in [1.165, 1.54) is 5.56 Å². The second kappa shape index (κ2) is 3.53. The fourth-order valence-corrected chi connectivity index (χ4v) is 2.94. The van der Waals surface area contributed by atoms with Crippen LogP contribution in [0.1, 0.15) is 50.8 Å². The summed E-state index contributed by atoms with van der Waals surface area (Å²) >= 11 is 0. The molecule has 1 aromatic rings. The molecule has 0 aromatic heterocycles. The summed E-state index contributed by atoms with van der Waals surface area (Å²) in [5.41, 5.74) is 3.31. The highest BCUT2D eigenvalue weighted by Crippen LogP contribution is 2.45. The number of fused-ring (bicyclic) bond motifs is 1. The van der Waals surface area contributed by atoms with Gasteiger partial charge in [-0.2, -0.15) is 0 Å². The molecule has 0 atom stereocenters. The van der Waals surface area contributed by atoms with Gasteiger partial charge in [-0.25, -0.2) is 0 Å². The van der Waals surface area contributed by atoms with Gasteiger partial charge in [0, 0.05) is 11.1 Å². The highest BCUT2D eigenvalue weighted by atomic mass is 16.5. The summed E-state index contributed by atoms with van der Waals surface area (Å²) in [5, 5.41) is 0. The first-order valence-corrected chi connectivity index (χ1v) is 6.06. The van der Waals surface area contributed by atoms with Crippen molar-refractivity contribution >= 4 is 0 Å². The Morgan fingerprint density at radius 2 is 1.88 bits per heavy atom. The van der Waals surface area contributed by atoms with Gasteiger partial charge in [0.05, 0.1) is 0 Å². The van der Waals surface area contributed by atoms with Gasteiger partial charge in [-0.15, -0.1) is 6.42 Å². The van der Waals surface area contributed by atoms with Gasteiger partial charge < -0.3 is 4.74 Å². The molecule has 1 heteroatoms. The molecule has 0 saturated carbocycles. The summed E-state index contributed by atoms with van der Waals surface area (Å²) in [6.45, 7) is 10.8. The number of hydrogen-bond donors (Lipinski definition) is 0. The van der Waals surface area contributed by atoms with Crippen LogP contribution in [0.5, 0.6) is 5.75 Å². The van der Waals surface area contributed by atoms with E-state index in [-0.39, 0.29) is 11.0 Å². The van der Waals surface area contributed by atoms with E-state index in [0.717, 1.165) is 23.3 Å². The lowest BCUT2D eigenvalue weighted by Gasteiger charge is -2.42. The van der Waals surface area contributed by atoms with Crippen molar-refractivity contribution in [1.82, 2.24) is 0 Å². The summed E-state index contributed by atoms with van der Waals surface area (Å²) in [6, 6.07) is 4.19. The SMILES string of the molecule is C#Cc1cc2c(cc1C)OC(C)(C)CC2(C)C. The number of aryl methyl sites for hydroxylation is 1. The largest absolute Gasteiger partial charge is 0.488 e. The van der Waals surface area contributed by atoms with E-state index in [1.54, 1.807) is 0 Å². The highest BCUT2D eigenvalue weighted by molar-refractivity contribution is 5.52. The summed E-state index contributed by atoms with van der Waals surface area (Å²) in [7, 11) is 0. The van der Waals surface area contributed by atoms with E-state index < -0.39 is 0 Å². The van der Waals surface area contributed by atoms with Crippen LogP contribution in [0.15, 0.2) is 12.1 Å². The summed E-state index contributed by atoms with van der Waals surface area (Å²) in [5.74, 6) is 3.74. The zero-order valence-electron chi connectivity index (χ0n) is 11.3. The lowest BCUT2D eigenvalue weighted by atomic mass is 9.73. The smallest absolute Gasteiger partial charge is 0.124 e. The van der Waals surface area contributed by atoms with Crippen molar-refractivity contribution in [3.63, 3.8) is 0 Å². The molecule has 1 heterocycles. The van der Waals surface area contributed by atoms with Crippen LogP contribution < -0.4 is 4.74 Å². The maximum absolute atomic E-state index is 6.07. The molecule has 0 saturated heterocycles. The van der Waals surface area contributed by atoms with Crippen molar-refractivity contribution in [2.45, 2.75) is 52.1 Å². The van der Waals surface area contributed by atoms with E-state index >= 15 is 0 Å². The van der Waals surface area contributed by atoms with Crippen molar-refractivity contribution in [3.05, 3.63) is 28.8 Å². The third kappa shape index (κ3) is 2.05. The van der Waals surface area contributed by atoms with Gasteiger partial charge in [0.2, 0.25) is 0 Å². The standard InChI is InChI=1S/C16H20O/c1-7-12-9-13-14(8-11(12)2)17-16(5,6)10-15(13,3)4/h1,8-9H,10H2,2-6H3. The molecular formula is C16H20O. The molecule has 0 spiro atoms. The van der Waals surface area contributed by atoms with Crippen LogP contribution in [-0.4, -0.2) is 5.60 Å². The normalized spacial score (nSPS) is 20.0. The first-order chi connectivity index (χ1) is 7.75. The Morgan fingerprint density at radius 3 is 2.47 bits per heavy atom. The summed E-state index contributed by atoms with van der Waals surface area (Å²) in [4.78, 5) is 0. The van der Waals surface area contributed by atoms with Crippen molar-refractivity contribution in [1.29, 1.82) is 0 Å². The molecule has 1 nitrogen and oxygen atoms in total. The summed E-state index contributed by atoms with van der Waals surface area (Å²) < 4.78 is 6.07. The minimum atomic E-state index is -0.111. The Bertz CT molecular complexity index is 501. The van der Waals surface area contributed by atoms with Crippen LogP contribution in [-0.2, 0) is 5.41 Å². The van der Waals surface area contributed by atoms with Gasteiger partial charge in [-0.3, -0.25) is 0 Å². The fraction of sp³-hybridized carbons (Fsp3) is 0.500. The molecule has 0 radical (unpaired) electrons. The number of terminal acetylenes is 1. The molecule has 1 aliphatic rings. The zero-order valence-corrected chi connectivity index (χ0v) is 11.3. The minimum absolute atomic E-state index is 0.108. The molecule has 0 fully saturated rings. The van der Waals surface area contributed by atoms with E-state index in [9.17, 15) is 0 Å². The molecular weight excluding hydrogens is 208 g/mol. The third-order valence-corrected chi connectivity index (χ3v) is 3.47. The topological polar surface area (TPSA) is 9.23 Å². The highest BCUT2D eigenvalue weighted by Gasteiger charge is 2.39. The van der Waals surface area contributed by atoms with Crippen molar-refractivity contribution < 1.29 is 4.74 Å². The van der Waals surface area contributed by atoms with Crippen LogP contribution in [0, 0.1) is 19.3 Å². The fourth-order valence-electron chi connectivity index (χ4n) is 2.94. The molecule has 0 bridgehead atoms. The number of hydrogen-bond acceptors (Lipinski definition) is 1. The molecule has 0 N–H and O–H groups in total. The molecule has 0 unspecified atom stereocenters. The van der Waals surface area contributed by atoms with Crippen LogP contribution in [0.4, 0.5) is 0 Å². The van der Waals surface area contributed by atoms with E-state index in [1.807, 2.05) is 6.92 Å². The van der Waals surface area contributed by atoms with Gasteiger partial charge in [0.25, 0.3) is 0 Å². The number of benzene rings is 1. The maximum Gasteiger partial charge on any atom is 0.124 e. The Kier molecular flexibility index (Phi) is 2.51. The Balaban J connectivity index is 2.64. The van der Waals surface area contributed by atoms with Crippen molar-refractivity contribution in [2.24, 2.45) is 0 Å². The molecule has 90 valence electrons.